The van der Waals surface area contributed by atoms with Crippen LogP contribution in [-0.2, 0) is 11.3 Å². The van der Waals surface area contributed by atoms with E-state index in [9.17, 15) is 0 Å². The van der Waals surface area contributed by atoms with Gasteiger partial charge in [0.15, 0.2) is 0 Å². The predicted octanol–water partition coefficient (Wildman–Crippen LogP) is 3.69. The fraction of sp³-hybridized carbons (Fsp3) is 0.812. The summed E-state index contributed by atoms with van der Waals surface area (Å²) >= 11 is 0. The number of rotatable bonds is 6. The number of nitrogens with zero attached hydrogens (tertiary/aromatic N) is 2. The molecule has 20 heavy (non-hydrogen) atoms. The Hall–Kier alpha value is -1.03. The molecule has 0 saturated carbocycles. The van der Waals surface area contributed by atoms with Gasteiger partial charge >= 0.3 is 0 Å². The van der Waals surface area contributed by atoms with Gasteiger partial charge in [-0.1, -0.05) is 27.7 Å². The van der Waals surface area contributed by atoms with Gasteiger partial charge in [0.25, 0.3) is 0 Å². The van der Waals surface area contributed by atoms with Gasteiger partial charge in [-0.15, -0.1) is 0 Å². The third-order valence-electron chi connectivity index (χ3n) is 4.39. The van der Waals surface area contributed by atoms with Gasteiger partial charge in [0.05, 0.1) is 5.60 Å². The molecule has 0 radical (unpaired) electrons. The van der Waals surface area contributed by atoms with Crippen LogP contribution in [0.5, 0.6) is 0 Å². The van der Waals surface area contributed by atoms with Gasteiger partial charge in [0.2, 0.25) is 5.95 Å². The molecule has 0 spiro atoms. The van der Waals surface area contributed by atoms with E-state index in [0.717, 1.165) is 44.8 Å². The van der Waals surface area contributed by atoms with Crippen LogP contribution in [0.3, 0.4) is 0 Å². The molecule has 1 N–H and O–H groups in total. The predicted molar refractivity (Wildman–Crippen MR) is 83.0 cm³/mol. The van der Waals surface area contributed by atoms with E-state index in [2.05, 4.69) is 48.8 Å². The maximum Gasteiger partial charge on any atom is 0.202 e. The van der Waals surface area contributed by atoms with Gasteiger partial charge in [0, 0.05) is 31.6 Å². The first kappa shape index (κ1) is 15.4. The monoisotopic (exact) mass is 279 g/mol. The molecule has 0 aliphatic carbocycles. The summed E-state index contributed by atoms with van der Waals surface area (Å²) in [6.07, 6.45) is 8.26. The van der Waals surface area contributed by atoms with Crippen molar-refractivity contribution in [2.75, 3.05) is 11.9 Å². The van der Waals surface area contributed by atoms with E-state index < -0.39 is 0 Å². The van der Waals surface area contributed by atoms with Crippen LogP contribution in [0, 0.1) is 5.92 Å². The van der Waals surface area contributed by atoms with Crippen molar-refractivity contribution >= 4 is 5.95 Å². The van der Waals surface area contributed by atoms with Crippen molar-refractivity contribution in [2.45, 2.75) is 71.6 Å². The van der Waals surface area contributed by atoms with Crippen LogP contribution in [0.4, 0.5) is 5.95 Å². The van der Waals surface area contributed by atoms with E-state index in [4.69, 9.17) is 4.74 Å². The Morgan fingerprint density at radius 2 is 2.20 bits per heavy atom. The molecular weight excluding hydrogens is 250 g/mol. The Bertz CT molecular complexity index is 410. The maximum absolute atomic E-state index is 6.04. The van der Waals surface area contributed by atoms with E-state index in [1.807, 2.05) is 6.20 Å². The van der Waals surface area contributed by atoms with Crippen LogP contribution in [-0.4, -0.2) is 27.8 Å². The Morgan fingerprint density at radius 3 is 2.85 bits per heavy atom. The highest BCUT2D eigenvalue weighted by molar-refractivity contribution is 5.28. The number of aromatic nitrogens is 2. The summed E-state index contributed by atoms with van der Waals surface area (Å²) in [6, 6.07) is 0.469. The van der Waals surface area contributed by atoms with Crippen molar-refractivity contribution in [3.8, 4) is 0 Å². The molecule has 1 aliphatic rings. The highest BCUT2D eigenvalue weighted by Gasteiger charge is 2.34. The number of hydrogen-bond acceptors (Lipinski definition) is 3. The summed E-state index contributed by atoms with van der Waals surface area (Å²) in [5, 5.41) is 3.63. The van der Waals surface area contributed by atoms with Gasteiger partial charge in [-0.2, -0.15) is 0 Å². The lowest BCUT2D eigenvalue weighted by Gasteiger charge is -2.40. The third kappa shape index (κ3) is 3.54. The van der Waals surface area contributed by atoms with Crippen LogP contribution in [0.25, 0.3) is 0 Å². The lowest BCUT2D eigenvalue weighted by molar-refractivity contribution is -0.0865. The van der Waals surface area contributed by atoms with Crippen LogP contribution < -0.4 is 5.32 Å². The Labute approximate surface area is 122 Å². The number of hydrogen-bond donors (Lipinski definition) is 1. The number of imidazole rings is 1. The zero-order chi connectivity index (χ0) is 14.6. The minimum Gasteiger partial charge on any atom is -0.375 e. The summed E-state index contributed by atoms with van der Waals surface area (Å²) in [5.41, 5.74) is 0.0609. The SMILES string of the molecule is CCC1(CC)CC(Nc2nccn2CC(C)C)CCO1. The van der Waals surface area contributed by atoms with E-state index in [1.54, 1.807) is 0 Å². The van der Waals surface area contributed by atoms with E-state index >= 15 is 0 Å². The quantitative estimate of drug-likeness (QED) is 0.863. The smallest absolute Gasteiger partial charge is 0.202 e. The fourth-order valence-corrected chi connectivity index (χ4v) is 3.07. The molecule has 1 saturated heterocycles. The van der Waals surface area contributed by atoms with Crippen molar-refractivity contribution in [3.63, 3.8) is 0 Å². The second-order valence-corrected chi connectivity index (χ2v) is 6.37. The molecule has 1 aliphatic heterocycles. The van der Waals surface area contributed by atoms with Crippen LogP contribution in [0.1, 0.15) is 53.4 Å². The average molecular weight is 279 g/mol. The maximum atomic E-state index is 6.04. The average Bonchev–Trinajstić information content (AvgIpc) is 2.85. The van der Waals surface area contributed by atoms with Gasteiger partial charge in [-0.05, 0) is 31.6 Å². The molecule has 4 nitrogen and oxygen atoms in total. The number of anilines is 1. The molecule has 1 aromatic rings. The first-order valence-corrected chi connectivity index (χ1v) is 8.00. The number of ether oxygens (including phenoxy) is 1. The zero-order valence-corrected chi connectivity index (χ0v) is 13.4. The van der Waals surface area contributed by atoms with Gasteiger partial charge in [0.1, 0.15) is 0 Å². The van der Waals surface area contributed by atoms with Crippen molar-refractivity contribution in [1.29, 1.82) is 0 Å². The normalized spacial score (nSPS) is 22.1. The topological polar surface area (TPSA) is 39.1 Å². The second kappa shape index (κ2) is 6.61. The summed E-state index contributed by atoms with van der Waals surface area (Å²) in [5.74, 6) is 1.64. The molecular formula is C16H29N3O. The van der Waals surface area contributed by atoms with Crippen LogP contribution in [0.2, 0.25) is 0 Å². The summed E-state index contributed by atoms with van der Waals surface area (Å²) in [4.78, 5) is 4.47. The highest BCUT2D eigenvalue weighted by Crippen LogP contribution is 2.32. The summed E-state index contributed by atoms with van der Waals surface area (Å²) in [6.45, 7) is 10.8. The first-order chi connectivity index (χ1) is 9.58. The highest BCUT2D eigenvalue weighted by atomic mass is 16.5. The van der Waals surface area contributed by atoms with Crippen molar-refractivity contribution in [2.24, 2.45) is 5.92 Å². The zero-order valence-electron chi connectivity index (χ0n) is 13.4. The van der Waals surface area contributed by atoms with E-state index in [-0.39, 0.29) is 5.60 Å². The van der Waals surface area contributed by atoms with Crippen molar-refractivity contribution in [1.82, 2.24) is 9.55 Å². The molecule has 1 unspecified atom stereocenters. The molecule has 0 aromatic carbocycles. The fourth-order valence-electron chi connectivity index (χ4n) is 3.07. The first-order valence-electron chi connectivity index (χ1n) is 8.00. The Balaban J connectivity index is 2.01. The molecule has 1 fully saturated rings. The molecule has 1 atom stereocenters. The molecule has 2 rings (SSSR count). The van der Waals surface area contributed by atoms with Gasteiger partial charge in [-0.25, -0.2) is 4.98 Å². The Kier molecular flexibility index (Phi) is 5.08. The lowest BCUT2D eigenvalue weighted by atomic mass is 9.86. The lowest BCUT2D eigenvalue weighted by Crippen LogP contribution is -2.44. The third-order valence-corrected chi connectivity index (χ3v) is 4.39. The molecule has 4 heteroatoms. The van der Waals surface area contributed by atoms with Crippen molar-refractivity contribution < 1.29 is 4.74 Å². The molecule has 114 valence electrons. The molecule has 0 bridgehead atoms. The number of nitrogens with one attached hydrogen (secondary N) is 1. The van der Waals surface area contributed by atoms with Crippen molar-refractivity contribution in [3.05, 3.63) is 12.4 Å². The summed E-state index contributed by atoms with van der Waals surface area (Å²) < 4.78 is 8.26. The summed E-state index contributed by atoms with van der Waals surface area (Å²) in [7, 11) is 0. The molecule has 2 heterocycles. The van der Waals surface area contributed by atoms with Gasteiger partial charge in [-0.3, -0.25) is 0 Å². The van der Waals surface area contributed by atoms with Crippen LogP contribution >= 0.6 is 0 Å². The Morgan fingerprint density at radius 1 is 1.45 bits per heavy atom. The molecule has 0 amide bonds. The van der Waals surface area contributed by atoms with E-state index in [1.165, 1.54) is 0 Å². The van der Waals surface area contributed by atoms with E-state index in [0.29, 0.717) is 12.0 Å². The second-order valence-electron chi connectivity index (χ2n) is 6.37. The standard InChI is InChI=1S/C16H29N3O/c1-5-16(6-2)11-14(7-10-20-16)18-15-17-8-9-19(15)12-13(3)4/h8-9,13-14H,5-7,10-12H2,1-4H3,(H,17,18). The minimum absolute atomic E-state index is 0.0609. The minimum atomic E-state index is 0.0609. The molecule has 1 aromatic heterocycles. The largest absolute Gasteiger partial charge is 0.375 e. The van der Waals surface area contributed by atoms with Gasteiger partial charge < -0.3 is 14.6 Å². The van der Waals surface area contributed by atoms with Crippen LogP contribution in [0.15, 0.2) is 12.4 Å².